The van der Waals surface area contributed by atoms with Gasteiger partial charge in [-0.05, 0) is 18.9 Å². The summed E-state index contributed by atoms with van der Waals surface area (Å²) in [5.74, 6) is -5.18. The quantitative estimate of drug-likeness (QED) is 0.817. The van der Waals surface area contributed by atoms with Crippen molar-refractivity contribution in [3.8, 4) is 0 Å². The van der Waals surface area contributed by atoms with E-state index in [0.29, 0.717) is 13.0 Å². The van der Waals surface area contributed by atoms with Crippen molar-refractivity contribution in [3.05, 3.63) is 35.9 Å². The summed E-state index contributed by atoms with van der Waals surface area (Å²) < 4.78 is 39.3. The Balaban J connectivity index is 1.56. The first-order valence-corrected chi connectivity index (χ1v) is 9.30. The highest BCUT2D eigenvalue weighted by molar-refractivity contribution is 5.78. The molecule has 0 aromatic heterocycles. The second kappa shape index (κ2) is 7.98. The average Bonchev–Trinajstić information content (AvgIpc) is 3.29. The first kappa shape index (κ1) is 20.4. The van der Waals surface area contributed by atoms with Crippen molar-refractivity contribution in [2.45, 2.75) is 31.6 Å². The van der Waals surface area contributed by atoms with Gasteiger partial charge in [0.2, 0.25) is 0 Å². The molecule has 2 aliphatic rings. The van der Waals surface area contributed by atoms with Crippen LogP contribution in [0.3, 0.4) is 0 Å². The smallest absolute Gasteiger partial charge is 0.394 e. The third kappa shape index (κ3) is 4.40. The second-order valence-electron chi connectivity index (χ2n) is 7.51. The molecular formula is C19H24F3N3O3. The van der Waals surface area contributed by atoms with Crippen LogP contribution < -0.4 is 5.32 Å². The van der Waals surface area contributed by atoms with Gasteiger partial charge in [0.1, 0.15) is 0 Å². The van der Waals surface area contributed by atoms with Crippen molar-refractivity contribution in [2.75, 3.05) is 26.2 Å². The first-order valence-electron chi connectivity index (χ1n) is 9.30. The van der Waals surface area contributed by atoms with E-state index in [-0.39, 0.29) is 12.1 Å². The van der Waals surface area contributed by atoms with E-state index in [1.165, 1.54) is 0 Å². The van der Waals surface area contributed by atoms with Crippen molar-refractivity contribution in [1.29, 1.82) is 0 Å². The van der Waals surface area contributed by atoms with E-state index in [2.05, 4.69) is 17.1 Å². The Hall–Kier alpha value is -2.29. The molecule has 1 aromatic carbocycles. The van der Waals surface area contributed by atoms with Gasteiger partial charge in [-0.2, -0.15) is 13.2 Å². The van der Waals surface area contributed by atoms with Crippen LogP contribution in [0.15, 0.2) is 30.3 Å². The number of amides is 2. The van der Waals surface area contributed by atoms with Gasteiger partial charge >= 0.3 is 18.2 Å². The maximum atomic E-state index is 13.1. The van der Waals surface area contributed by atoms with Crippen LogP contribution in [-0.2, 0) is 4.79 Å². The van der Waals surface area contributed by atoms with Gasteiger partial charge in [0.15, 0.2) is 0 Å². The van der Waals surface area contributed by atoms with E-state index in [0.717, 1.165) is 17.0 Å². The topological polar surface area (TPSA) is 72.9 Å². The lowest BCUT2D eigenvalue weighted by Crippen LogP contribution is -2.45. The summed E-state index contributed by atoms with van der Waals surface area (Å²) in [7, 11) is 0. The predicted molar refractivity (Wildman–Crippen MR) is 95.6 cm³/mol. The number of hydrogen-bond acceptors (Lipinski definition) is 3. The molecule has 2 unspecified atom stereocenters. The Morgan fingerprint density at radius 1 is 1.18 bits per heavy atom. The lowest BCUT2D eigenvalue weighted by Gasteiger charge is -2.25. The normalized spacial score (nSPS) is 27.0. The zero-order valence-electron chi connectivity index (χ0n) is 15.5. The summed E-state index contributed by atoms with van der Waals surface area (Å²) in [4.78, 5) is 26.8. The van der Waals surface area contributed by atoms with Gasteiger partial charge in [-0.3, -0.25) is 9.69 Å². The predicted octanol–water partition coefficient (Wildman–Crippen LogP) is 2.73. The standard InChI is InChI=1S/C19H24F3N3O3/c1-12(13-5-3-2-4-6-13)24-8-7-14(9-24)23-18(28)25-10-15(17(26)27)16(11-25)19(20,21)22/h2-6,12,14-16H,7-11H2,1H3,(H,23,28)(H,26,27)/t12?,14?,15-,16-/m1/s1. The summed E-state index contributed by atoms with van der Waals surface area (Å²) in [6.45, 7) is 2.39. The van der Waals surface area contributed by atoms with Crippen molar-refractivity contribution >= 4 is 12.0 Å². The van der Waals surface area contributed by atoms with Crippen LogP contribution in [0.2, 0.25) is 0 Å². The summed E-state index contributed by atoms with van der Waals surface area (Å²) in [5.41, 5.74) is 1.16. The van der Waals surface area contributed by atoms with Crippen LogP contribution in [0.4, 0.5) is 18.0 Å². The van der Waals surface area contributed by atoms with Crippen molar-refractivity contribution in [1.82, 2.24) is 15.1 Å². The third-order valence-corrected chi connectivity index (χ3v) is 5.72. The Kier molecular flexibility index (Phi) is 5.83. The highest BCUT2D eigenvalue weighted by atomic mass is 19.4. The Labute approximate surface area is 161 Å². The van der Waals surface area contributed by atoms with E-state index in [4.69, 9.17) is 5.11 Å². The van der Waals surface area contributed by atoms with E-state index in [1.807, 2.05) is 30.3 Å². The highest BCUT2D eigenvalue weighted by Crippen LogP contribution is 2.37. The molecule has 0 radical (unpaired) electrons. The van der Waals surface area contributed by atoms with Crippen LogP contribution >= 0.6 is 0 Å². The number of halogens is 3. The minimum absolute atomic E-state index is 0.167. The molecule has 2 N–H and O–H groups in total. The molecule has 0 bridgehead atoms. The lowest BCUT2D eigenvalue weighted by atomic mass is 9.96. The summed E-state index contributed by atoms with van der Waals surface area (Å²) in [6, 6.07) is 9.30. The monoisotopic (exact) mass is 399 g/mol. The van der Waals surface area contributed by atoms with Crippen LogP contribution in [-0.4, -0.2) is 65.3 Å². The molecule has 1 aromatic rings. The van der Waals surface area contributed by atoms with Crippen molar-refractivity contribution in [3.63, 3.8) is 0 Å². The fraction of sp³-hybridized carbons (Fsp3) is 0.579. The molecule has 2 fully saturated rings. The van der Waals surface area contributed by atoms with E-state index >= 15 is 0 Å². The SMILES string of the molecule is CC(c1ccccc1)N1CCC(NC(=O)N2C[C@@H](C(F)(F)F)[C@H](C(=O)O)C2)C1. The highest BCUT2D eigenvalue weighted by Gasteiger charge is 2.53. The summed E-state index contributed by atoms with van der Waals surface area (Å²) >= 11 is 0. The molecule has 28 heavy (non-hydrogen) atoms. The van der Waals surface area contributed by atoms with Gasteiger partial charge in [0.25, 0.3) is 0 Å². The lowest BCUT2D eigenvalue weighted by molar-refractivity contribution is -0.187. The molecule has 3 rings (SSSR count). The summed E-state index contributed by atoms with van der Waals surface area (Å²) in [6.07, 6.45) is -3.95. The number of rotatable bonds is 4. The number of urea groups is 1. The first-order chi connectivity index (χ1) is 13.2. The Bertz CT molecular complexity index is 713. The molecule has 0 spiro atoms. The van der Waals surface area contributed by atoms with Crippen LogP contribution in [0.25, 0.3) is 0 Å². The number of carboxylic acids is 1. The van der Waals surface area contributed by atoms with Gasteiger partial charge in [-0.15, -0.1) is 0 Å². The number of benzene rings is 1. The number of nitrogens with zero attached hydrogens (tertiary/aromatic N) is 2. The summed E-state index contributed by atoms with van der Waals surface area (Å²) in [5, 5.41) is 11.8. The minimum atomic E-state index is -4.65. The number of likely N-dealkylation sites (tertiary alicyclic amines) is 2. The molecule has 6 nitrogen and oxygen atoms in total. The number of carbonyl (C=O) groups excluding carboxylic acids is 1. The molecule has 2 amide bonds. The fourth-order valence-corrected chi connectivity index (χ4v) is 4.02. The number of hydrogen-bond donors (Lipinski definition) is 2. The van der Waals surface area contributed by atoms with Gasteiger partial charge < -0.3 is 15.3 Å². The van der Waals surface area contributed by atoms with Gasteiger partial charge in [0.05, 0.1) is 11.8 Å². The minimum Gasteiger partial charge on any atom is -0.481 e. The average molecular weight is 399 g/mol. The maximum absolute atomic E-state index is 13.1. The molecular weight excluding hydrogens is 375 g/mol. The largest absolute Gasteiger partial charge is 0.481 e. The molecule has 154 valence electrons. The van der Waals surface area contributed by atoms with E-state index < -0.39 is 43.1 Å². The zero-order valence-corrected chi connectivity index (χ0v) is 15.5. The molecule has 2 aliphatic heterocycles. The molecule has 4 atom stereocenters. The Morgan fingerprint density at radius 3 is 2.43 bits per heavy atom. The van der Waals surface area contributed by atoms with Gasteiger partial charge in [-0.1, -0.05) is 30.3 Å². The van der Waals surface area contributed by atoms with Gasteiger partial charge in [0, 0.05) is 38.3 Å². The zero-order chi connectivity index (χ0) is 20.5. The third-order valence-electron chi connectivity index (χ3n) is 5.72. The molecule has 2 saturated heterocycles. The van der Waals surface area contributed by atoms with Gasteiger partial charge in [-0.25, -0.2) is 4.79 Å². The van der Waals surface area contributed by atoms with Crippen molar-refractivity contribution < 1.29 is 27.9 Å². The number of nitrogens with one attached hydrogen (secondary N) is 1. The van der Waals surface area contributed by atoms with Crippen LogP contribution in [0.5, 0.6) is 0 Å². The van der Waals surface area contributed by atoms with Crippen molar-refractivity contribution in [2.24, 2.45) is 11.8 Å². The maximum Gasteiger partial charge on any atom is 0.394 e. The molecule has 0 saturated carbocycles. The van der Waals surface area contributed by atoms with Crippen LogP contribution in [0.1, 0.15) is 24.9 Å². The molecule has 9 heteroatoms. The molecule has 0 aliphatic carbocycles. The Morgan fingerprint density at radius 2 is 1.86 bits per heavy atom. The van der Waals surface area contributed by atoms with E-state index in [1.54, 1.807) is 0 Å². The number of carboxylic acid groups (broad SMARTS) is 1. The number of aliphatic carboxylic acids is 1. The number of alkyl halides is 3. The number of carbonyl (C=O) groups is 2. The second-order valence-corrected chi connectivity index (χ2v) is 7.51. The molecule has 2 heterocycles. The van der Waals surface area contributed by atoms with E-state index in [9.17, 15) is 22.8 Å². The van der Waals surface area contributed by atoms with Crippen LogP contribution in [0, 0.1) is 11.8 Å². The fourth-order valence-electron chi connectivity index (χ4n) is 4.02.